The predicted molar refractivity (Wildman–Crippen MR) is 76.2 cm³/mol. The third-order valence-electron chi connectivity index (χ3n) is 2.78. The van der Waals surface area contributed by atoms with Gasteiger partial charge < -0.3 is 15.6 Å². The molecular weight excluding hydrogens is 240 g/mol. The zero-order chi connectivity index (χ0) is 13.8. The summed E-state index contributed by atoms with van der Waals surface area (Å²) in [6.07, 6.45) is 0.805. The number of carbonyl (C=O) groups excluding carboxylic acids is 1. The van der Waals surface area contributed by atoms with Gasteiger partial charge in [0.1, 0.15) is 5.82 Å². The molecule has 1 heterocycles. The second kappa shape index (κ2) is 5.73. The molecule has 102 valence electrons. The van der Waals surface area contributed by atoms with Gasteiger partial charge in [-0.15, -0.1) is 0 Å². The standard InChI is InChI=1S/C14H20N4O/c1-9(2)16-14(19)15-7-6-11-4-5-12-13(8-11)18-10(3)17-12/h4-5,8-9H,6-7H2,1-3H3,(H,17,18)(H2,15,16,19). The summed E-state index contributed by atoms with van der Waals surface area (Å²) in [6, 6.07) is 6.17. The lowest BCUT2D eigenvalue weighted by atomic mass is 10.1. The molecule has 5 heteroatoms. The molecule has 0 fully saturated rings. The molecule has 3 N–H and O–H groups in total. The molecule has 2 aromatic rings. The molecule has 2 rings (SSSR count). The van der Waals surface area contributed by atoms with Crippen LogP contribution in [0.4, 0.5) is 4.79 Å². The van der Waals surface area contributed by atoms with E-state index in [4.69, 9.17) is 0 Å². The van der Waals surface area contributed by atoms with E-state index in [9.17, 15) is 4.79 Å². The molecule has 0 saturated carbocycles. The van der Waals surface area contributed by atoms with Crippen molar-refractivity contribution in [3.05, 3.63) is 29.6 Å². The highest BCUT2D eigenvalue weighted by molar-refractivity contribution is 5.76. The number of amides is 2. The van der Waals surface area contributed by atoms with E-state index in [0.29, 0.717) is 6.54 Å². The average molecular weight is 260 g/mol. The van der Waals surface area contributed by atoms with Gasteiger partial charge in [0.25, 0.3) is 0 Å². The summed E-state index contributed by atoms with van der Waals surface area (Å²) in [5.74, 6) is 0.918. The van der Waals surface area contributed by atoms with Crippen LogP contribution >= 0.6 is 0 Å². The molecule has 1 aromatic heterocycles. The molecule has 0 radical (unpaired) electrons. The van der Waals surface area contributed by atoms with Gasteiger partial charge in [0.2, 0.25) is 0 Å². The Morgan fingerprint density at radius 2 is 2.21 bits per heavy atom. The molecule has 0 aliphatic heterocycles. The summed E-state index contributed by atoms with van der Waals surface area (Å²) in [5, 5.41) is 5.64. The lowest BCUT2D eigenvalue weighted by Crippen LogP contribution is -2.40. The molecule has 0 spiro atoms. The Morgan fingerprint density at radius 1 is 1.42 bits per heavy atom. The van der Waals surface area contributed by atoms with E-state index in [0.717, 1.165) is 23.3 Å². The summed E-state index contributed by atoms with van der Waals surface area (Å²) in [4.78, 5) is 19.0. The Balaban J connectivity index is 1.89. The second-order valence-corrected chi connectivity index (χ2v) is 4.98. The molecule has 2 amide bonds. The fourth-order valence-corrected chi connectivity index (χ4v) is 1.97. The van der Waals surface area contributed by atoms with Crippen LogP contribution in [-0.4, -0.2) is 28.6 Å². The van der Waals surface area contributed by atoms with Gasteiger partial charge in [0, 0.05) is 12.6 Å². The monoisotopic (exact) mass is 260 g/mol. The van der Waals surface area contributed by atoms with Crippen molar-refractivity contribution in [2.75, 3.05) is 6.54 Å². The highest BCUT2D eigenvalue weighted by Crippen LogP contribution is 2.13. The van der Waals surface area contributed by atoms with Crippen molar-refractivity contribution in [3.63, 3.8) is 0 Å². The van der Waals surface area contributed by atoms with Crippen molar-refractivity contribution >= 4 is 17.1 Å². The number of imidazole rings is 1. The van der Waals surface area contributed by atoms with Gasteiger partial charge in [-0.3, -0.25) is 0 Å². The maximum atomic E-state index is 11.4. The van der Waals surface area contributed by atoms with Crippen molar-refractivity contribution in [1.82, 2.24) is 20.6 Å². The number of hydrogen-bond acceptors (Lipinski definition) is 2. The van der Waals surface area contributed by atoms with Gasteiger partial charge in [0.15, 0.2) is 0 Å². The number of urea groups is 1. The number of aromatic nitrogens is 2. The molecule has 19 heavy (non-hydrogen) atoms. The van der Waals surface area contributed by atoms with Crippen molar-refractivity contribution in [3.8, 4) is 0 Å². The van der Waals surface area contributed by atoms with E-state index >= 15 is 0 Å². The van der Waals surface area contributed by atoms with E-state index in [-0.39, 0.29) is 12.1 Å². The first-order chi connectivity index (χ1) is 9.04. The molecule has 1 aromatic carbocycles. The number of benzene rings is 1. The van der Waals surface area contributed by atoms with Crippen LogP contribution in [0.1, 0.15) is 25.2 Å². The third kappa shape index (κ3) is 3.71. The Hall–Kier alpha value is -2.04. The number of carbonyl (C=O) groups is 1. The topological polar surface area (TPSA) is 69.8 Å². The van der Waals surface area contributed by atoms with Gasteiger partial charge in [-0.2, -0.15) is 0 Å². The largest absolute Gasteiger partial charge is 0.342 e. The average Bonchev–Trinajstić information content (AvgIpc) is 2.67. The van der Waals surface area contributed by atoms with Crippen LogP contribution in [-0.2, 0) is 6.42 Å². The first-order valence-corrected chi connectivity index (χ1v) is 6.54. The molecule has 0 unspecified atom stereocenters. The fraction of sp³-hybridized carbons (Fsp3) is 0.429. The van der Waals surface area contributed by atoms with Crippen LogP contribution < -0.4 is 10.6 Å². The normalized spacial score (nSPS) is 10.9. The number of aryl methyl sites for hydroxylation is 1. The number of rotatable bonds is 4. The summed E-state index contributed by atoms with van der Waals surface area (Å²) in [6.45, 7) is 6.44. The fourth-order valence-electron chi connectivity index (χ4n) is 1.97. The van der Waals surface area contributed by atoms with Gasteiger partial charge in [-0.1, -0.05) is 6.07 Å². The number of nitrogens with one attached hydrogen (secondary N) is 3. The van der Waals surface area contributed by atoms with Crippen LogP contribution in [0.25, 0.3) is 11.0 Å². The number of aromatic amines is 1. The first-order valence-electron chi connectivity index (χ1n) is 6.54. The second-order valence-electron chi connectivity index (χ2n) is 4.98. The lowest BCUT2D eigenvalue weighted by molar-refractivity contribution is 0.238. The molecule has 0 saturated heterocycles. The van der Waals surface area contributed by atoms with Crippen LogP contribution in [0.15, 0.2) is 18.2 Å². The Kier molecular flexibility index (Phi) is 4.04. The Morgan fingerprint density at radius 3 is 2.95 bits per heavy atom. The van der Waals surface area contributed by atoms with Crippen LogP contribution in [0, 0.1) is 6.92 Å². The SMILES string of the molecule is Cc1nc2ccc(CCNC(=O)NC(C)C)cc2[nH]1. The Bertz CT molecular complexity index is 574. The van der Waals surface area contributed by atoms with Crippen molar-refractivity contribution in [2.45, 2.75) is 33.2 Å². The van der Waals surface area contributed by atoms with Crippen molar-refractivity contribution < 1.29 is 4.79 Å². The zero-order valence-corrected chi connectivity index (χ0v) is 11.6. The highest BCUT2D eigenvalue weighted by atomic mass is 16.2. The first kappa shape index (κ1) is 13.4. The van der Waals surface area contributed by atoms with Crippen LogP contribution in [0.2, 0.25) is 0 Å². The van der Waals surface area contributed by atoms with Crippen LogP contribution in [0.3, 0.4) is 0 Å². The van der Waals surface area contributed by atoms with Gasteiger partial charge in [-0.25, -0.2) is 9.78 Å². The molecule has 0 atom stereocenters. The molecule has 0 bridgehead atoms. The maximum Gasteiger partial charge on any atom is 0.314 e. The Labute approximate surface area is 112 Å². The minimum atomic E-state index is -0.117. The van der Waals surface area contributed by atoms with Crippen LogP contribution in [0.5, 0.6) is 0 Å². The minimum absolute atomic E-state index is 0.117. The lowest BCUT2D eigenvalue weighted by Gasteiger charge is -2.09. The quantitative estimate of drug-likeness (QED) is 0.788. The summed E-state index contributed by atoms with van der Waals surface area (Å²) < 4.78 is 0. The van der Waals surface area contributed by atoms with E-state index in [1.54, 1.807) is 0 Å². The van der Waals surface area contributed by atoms with Gasteiger partial charge in [0.05, 0.1) is 11.0 Å². The molecule has 0 aliphatic carbocycles. The summed E-state index contributed by atoms with van der Waals surface area (Å²) in [5.41, 5.74) is 3.20. The van der Waals surface area contributed by atoms with E-state index < -0.39 is 0 Å². The predicted octanol–water partition coefficient (Wildman–Crippen LogP) is 2.12. The van der Waals surface area contributed by atoms with Gasteiger partial charge >= 0.3 is 6.03 Å². The molecular formula is C14H20N4O. The smallest absolute Gasteiger partial charge is 0.314 e. The summed E-state index contributed by atoms with van der Waals surface area (Å²) >= 11 is 0. The summed E-state index contributed by atoms with van der Waals surface area (Å²) in [7, 11) is 0. The maximum absolute atomic E-state index is 11.4. The van der Waals surface area contributed by atoms with E-state index in [1.165, 1.54) is 5.56 Å². The molecule has 5 nitrogen and oxygen atoms in total. The minimum Gasteiger partial charge on any atom is -0.342 e. The van der Waals surface area contributed by atoms with E-state index in [2.05, 4.69) is 26.7 Å². The molecule has 0 aliphatic rings. The van der Waals surface area contributed by atoms with Gasteiger partial charge in [-0.05, 0) is 44.9 Å². The number of nitrogens with zero attached hydrogens (tertiary/aromatic N) is 1. The highest BCUT2D eigenvalue weighted by Gasteiger charge is 2.03. The third-order valence-corrected chi connectivity index (χ3v) is 2.78. The van der Waals surface area contributed by atoms with E-state index in [1.807, 2.05) is 32.9 Å². The van der Waals surface area contributed by atoms with Crippen molar-refractivity contribution in [2.24, 2.45) is 0 Å². The number of fused-ring (bicyclic) bond motifs is 1. The van der Waals surface area contributed by atoms with Crippen molar-refractivity contribution in [1.29, 1.82) is 0 Å². The number of hydrogen-bond donors (Lipinski definition) is 3. The number of H-pyrrole nitrogens is 1. The zero-order valence-electron chi connectivity index (χ0n) is 11.6.